The number of hydrogen-bond acceptors (Lipinski definition) is 5. The molecule has 0 unspecified atom stereocenters. The number of carbonyl (C=O) groups excluding carboxylic acids is 1. The van der Waals surface area contributed by atoms with E-state index in [1.54, 1.807) is 31.2 Å². The first-order valence-corrected chi connectivity index (χ1v) is 6.31. The van der Waals surface area contributed by atoms with Crippen LogP contribution in [0.4, 0.5) is 0 Å². The molecule has 0 aliphatic rings. The maximum absolute atomic E-state index is 11.8. The van der Waals surface area contributed by atoms with Gasteiger partial charge in [0.1, 0.15) is 11.4 Å². The summed E-state index contributed by atoms with van der Waals surface area (Å²) in [6.45, 7) is 1.92. The summed E-state index contributed by atoms with van der Waals surface area (Å²) in [5, 5.41) is 18.1. The highest BCUT2D eigenvalue weighted by Crippen LogP contribution is 2.23. The van der Waals surface area contributed by atoms with Crippen molar-refractivity contribution in [1.82, 2.24) is 10.3 Å². The summed E-state index contributed by atoms with van der Waals surface area (Å²) in [5.41, 5.74) is 1.10. The number of halogens is 1. The Hall–Kier alpha value is -2.02. The molecule has 0 fully saturated rings. The fraction of sp³-hybridized carbons (Fsp3) is 0.167. The number of ether oxygens (including phenoxy) is 1. The van der Waals surface area contributed by atoms with Gasteiger partial charge in [0.15, 0.2) is 0 Å². The van der Waals surface area contributed by atoms with Crippen LogP contribution in [0.5, 0.6) is 0 Å². The molecule has 0 radical (unpaired) electrons. The van der Waals surface area contributed by atoms with E-state index in [2.05, 4.69) is 26.2 Å². The molecule has 19 heavy (non-hydrogen) atoms. The van der Waals surface area contributed by atoms with Gasteiger partial charge in [-0.3, -0.25) is 0 Å². The second kappa shape index (κ2) is 5.75. The molecule has 0 aliphatic heterocycles. The third kappa shape index (κ3) is 3.05. The van der Waals surface area contributed by atoms with Crippen LogP contribution in [-0.4, -0.2) is 22.9 Å². The standard InChI is InChI=1S/C12H10BrN3O3/c1-2-19-12(17)11-10(7-16(18)15-14-11)8-3-5-9(13)6-4-8/h3-7H,2H2,1H3. The molecule has 0 atom stereocenters. The first kappa shape index (κ1) is 13.4. The molecular formula is C12H10BrN3O3. The van der Waals surface area contributed by atoms with Crippen molar-refractivity contribution in [3.05, 3.63) is 45.8 Å². The molecule has 1 aromatic carbocycles. The zero-order valence-electron chi connectivity index (χ0n) is 10.0. The molecule has 0 amide bonds. The fourth-order valence-corrected chi connectivity index (χ4v) is 1.80. The van der Waals surface area contributed by atoms with E-state index < -0.39 is 5.97 Å². The molecule has 7 heteroatoms. The van der Waals surface area contributed by atoms with Gasteiger partial charge >= 0.3 is 5.97 Å². The van der Waals surface area contributed by atoms with Crippen molar-refractivity contribution in [2.24, 2.45) is 0 Å². The summed E-state index contributed by atoms with van der Waals surface area (Å²) in [4.78, 5) is 12.1. The molecule has 1 heterocycles. The molecular weight excluding hydrogens is 314 g/mol. The van der Waals surface area contributed by atoms with Gasteiger partial charge in [-0.1, -0.05) is 28.1 Å². The highest BCUT2D eigenvalue weighted by Gasteiger charge is 2.23. The topological polar surface area (TPSA) is 79.0 Å². The number of carbonyl (C=O) groups is 1. The second-order valence-electron chi connectivity index (χ2n) is 3.61. The molecule has 2 rings (SSSR count). The molecule has 6 nitrogen and oxygen atoms in total. The summed E-state index contributed by atoms with van der Waals surface area (Å²) in [6, 6.07) is 7.15. The van der Waals surface area contributed by atoms with E-state index in [0.29, 0.717) is 16.0 Å². The minimum atomic E-state index is -0.603. The minimum Gasteiger partial charge on any atom is -0.691 e. The van der Waals surface area contributed by atoms with Gasteiger partial charge in [-0.25, -0.2) is 4.79 Å². The first-order chi connectivity index (χ1) is 9.11. The second-order valence-corrected chi connectivity index (χ2v) is 4.53. The molecule has 0 saturated heterocycles. The monoisotopic (exact) mass is 323 g/mol. The van der Waals surface area contributed by atoms with Crippen molar-refractivity contribution in [2.45, 2.75) is 6.92 Å². The van der Waals surface area contributed by atoms with Crippen LogP contribution in [0.25, 0.3) is 11.1 Å². The quantitative estimate of drug-likeness (QED) is 0.488. The highest BCUT2D eigenvalue weighted by molar-refractivity contribution is 9.10. The van der Waals surface area contributed by atoms with Crippen LogP contribution in [-0.2, 0) is 4.74 Å². The zero-order chi connectivity index (χ0) is 13.8. The lowest BCUT2D eigenvalue weighted by Crippen LogP contribution is -2.33. The molecule has 0 aliphatic carbocycles. The highest BCUT2D eigenvalue weighted by atomic mass is 79.9. The Morgan fingerprint density at radius 3 is 2.74 bits per heavy atom. The van der Waals surface area contributed by atoms with Gasteiger partial charge in [-0.05, 0) is 24.6 Å². The smallest absolute Gasteiger partial charge is 0.386 e. The average Bonchev–Trinajstić information content (AvgIpc) is 2.39. The minimum absolute atomic E-state index is 0.0243. The number of esters is 1. The van der Waals surface area contributed by atoms with Crippen molar-refractivity contribution >= 4 is 21.9 Å². The summed E-state index contributed by atoms with van der Waals surface area (Å²) >= 11 is 3.32. The lowest BCUT2D eigenvalue weighted by atomic mass is 10.1. The molecule has 0 spiro atoms. The van der Waals surface area contributed by atoms with Crippen LogP contribution in [0.1, 0.15) is 17.4 Å². The summed E-state index contributed by atoms with van der Waals surface area (Å²) in [5.74, 6) is -0.603. The van der Waals surface area contributed by atoms with Gasteiger partial charge in [0, 0.05) is 4.47 Å². The number of benzene rings is 1. The van der Waals surface area contributed by atoms with Gasteiger partial charge < -0.3 is 9.94 Å². The largest absolute Gasteiger partial charge is 0.691 e. The van der Waals surface area contributed by atoms with Crippen molar-refractivity contribution in [2.75, 3.05) is 6.61 Å². The van der Waals surface area contributed by atoms with E-state index in [-0.39, 0.29) is 12.3 Å². The van der Waals surface area contributed by atoms with Gasteiger partial charge in [-0.2, -0.15) is 0 Å². The number of nitrogens with zero attached hydrogens (tertiary/aromatic N) is 3. The predicted octanol–water partition coefficient (Wildman–Crippen LogP) is 1.72. The zero-order valence-corrected chi connectivity index (χ0v) is 11.6. The van der Waals surface area contributed by atoms with Gasteiger partial charge in [0.2, 0.25) is 0 Å². The van der Waals surface area contributed by atoms with Crippen molar-refractivity contribution in [1.29, 1.82) is 0 Å². The average molecular weight is 324 g/mol. The molecule has 2 aromatic rings. The Balaban J connectivity index is 2.51. The molecule has 0 N–H and O–H groups in total. The van der Waals surface area contributed by atoms with E-state index >= 15 is 0 Å². The van der Waals surface area contributed by atoms with Crippen molar-refractivity contribution < 1.29 is 14.4 Å². The number of aromatic nitrogens is 3. The maximum Gasteiger partial charge on any atom is 0.386 e. The molecule has 1 aromatic heterocycles. The molecule has 0 saturated carbocycles. The Kier molecular flexibility index (Phi) is 4.06. The normalized spacial score (nSPS) is 10.2. The molecule has 0 bridgehead atoms. The lowest BCUT2D eigenvalue weighted by Gasteiger charge is -2.05. The summed E-state index contributed by atoms with van der Waals surface area (Å²) in [6.07, 6.45) is 1.20. The van der Waals surface area contributed by atoms with Crippen LogP contribution in [0, 0.1) is 5.21 Å². The van der Waals surface area contributed by atoms with E-state index in [0.717, 1.165) is 4.47 Å². The van der Waals surface area contributed by atoms with E-state index in [1.165, 1.54) is 6.20 Å². The van der Waals surface area contributed by atoms with Crippen LogP contribution >= 0.6 is 15.9 Å². The lowest BCUT2D eigenvalue weighted by molar-refractivity contribution is -0.674. The van der Waals surface area contributed by atoms with Gasteiger partial charge in [0.05, 0.1) is 17.3 Å². The number of hydrogen-bond donors (Lipinski definition) is 0. The van der Waals surface area contributed by atoms with Gasteiger partial charge in [-0.15, -0.1) is 4.85 Å². The Morgan fingerprint density at radius 2 is 2.11 bits per heavy atom. The molecule has 98 valence electrons. The Bertz CT molecular complexity index is 602. The van der Waals surface area contributed by atoms with E-state index in [9.17, 15) is 10.0 Å². The SMILES string of the molecule is CCOC(=O)c1nn[n+]([O-])cc1-c1ccc(Br)cc1. The maximum atomic E-state index is 11.8. The third-order valence-electron chi connectivity index (χ3n) is 2.35. The van der Waals surface area contributed by atoms with Crippen molar-refractivity contribution in [3.8, 4) is 11.1 Å². The van der Waals surface area contributed by atoms with Crippen LogP contribution < -0.4 is 4.85 Å². The van der Waals surface area contributed by atoms with Gasteiger partial charge in [0.25, 0.3) is 5.69 Å². The predicted molar refractivity (Wildman–Crippen MR) is 70.1 cm³/mol. The third-order valence-corrected chi connectivity index (χ3v) is 2.88. The summed E-state index contributed by atoms with van der Waals surface area (Å²) < 4.78 is 5.79. The Morgan fingerprint density at radius 1 is 1.42 bits per heavy atom. The van der Waals surface area contributed by atoms with Crippen LogP contribution in [0.3, 0.4) is 0 Å². The Labute approximate surface area is 117 Å². The summed E-state index contributed by atoms with van der Waals surface area (Å²) in [7, 11) is 0. The van der Waals surface area contributed by atoms with Crippen LogP contribution in [0.2, 0.25) is 0 Å². The van der Waals surface area contributed by atoms with Crippen LogP contribution in [0.15, 0.2) is 34.9 Å². The van der Waals surface area contributed by atoms with E-state index in [4.69, 9.17) is 4.74 Å². The first-order valence-electron chi connectivity index (χ1n) is 5.52. The van der Waals surface area contributed by atoms with Crippen molar-refractivity contribution in [3.63, 3.8) is 0 Å². The van der Waals surface area contributed by atoms with E-state index in [1.807, 2.05) is 0 Å². The number of rotatable bonds is 3. The fourth-order valence-electron chi connectivity index (χ4n) is 1.53.